The number of pyridine rings is 1. The van der Waals surface area contributed by atoms with E-state index in [9.17, 15) is 0 Å². The topological polar surface area (TPSA) is 51.8 Å². The minimum Gasteiger partial charge on any atom is -0.455 e. The van der Waals surface area contributed by atoms with Gasteiger partial charge in [-0.1, -0.05) is 103 Å². The van der Waals surface area contributed by atoms with Crippen LogP contribution in [0.3, 0.4) is 0 Å². The molecular weight excluding hydrogens is 574 g/mol. The summed E-state index contributed by atoms with van der Waals surface area (Å²) in [4.78, 5) is 14.5. The Hall–Kier alpha value is -6.39. The van der Waals surface area contributed by atoms with Crippen molar-refractivity contribution >= 4 is 32.7 Å². The van der Waals surface area contributed by atoms with Crippen LogP contribution in [0, 0.1) is 0 Å². The average molecular weight is 602 g/mol. The lowest BCUT2D eigenvalue weighted by Crippen LogP contribution is -1.96. The van der Waals surface area contributed by atoms with E-state index in [1.807, 2.05) is 60.8 Å². The molecule has 0 amide bonds. The van der Waals surface area contributed by atoms with Crippen LogP contribution in [0.25, 0.3) is 88.9 Å². The standard InChI is InChI=1S/C43H27N3O/c1-2-11-29(12-3-1)43-45-39(32-14-9-21-44-27-32)26-40(46-43)35-24-33(31-20-19-28-10-4-5-13-30(28)22-31)23-34(25-35)36-16-8-17-38-37-15-6-7-18-41(37)47-42(36)38/h1-27H. The minimum absolute atomic E-state index is 0.666. The molecule has 0 atom stereocenters. The van der Waals surface area contributed by atoms with E-state index in [1.165, 1.54) is 10.8 Å². The molecule has 4 heteroatoms. The molecule has 47 heavy (non-hydrogen) atoms. The average Bonchev–Trinajstić information content (AvgIpc) is 3.54. The lowest BCUT2D eigenvalue weighted by molar-refractivity contribution is 0.670. The maximum Gasteiger partial charge on any atom is 0.160 e. The van der Waals surface area contributed by atoms with Gasteiger partial charge in [0.15, 0.2) is 5.82 Å². The van der Waals surface area contributed by atoms with Crippen LogP contribution >= 0.6 is 0 Å². The van der Waals surface area contributed by atoms with Gasteiger partial charge in [0.25, 0.3) is 0 Å². The number of nitrogens with zero attached hydrogens (tertiary/aromatic N) is 3. The summed E-state index contributed by atoms with van der Waals surface area (Å²) in [6, 6.07) is 52.6. The van der Waals surface area contributed by atoms with E-state index in [2.05, 4.69) is 102 Å². The lowest BCUT2D eigenvalue weighted by atomic mass is 9.93. The molecule has 0 aliphatic heterocycles. The Bertz CT molecular complexity index is 2510. The van der Waals surface area contributed by atoms with Gasteiger partial charge in [0.05, 0.1) is 11.4 Å². The molecule has 4 nitrogen and oxygen atoms in total. The van der Waals surface area contributed by atoms with E-state index >= 15 is 0 Å². The molecule has 0 bridgehead atoms. The highest BCUT2D eigenvalue weighted by molar-refractivity contribution is 6.10. The third-order valence-corrected chi connectivity index (χ3v) is 8.74. The van der Waals surface area contributed by atoms with Crippen molar-refractivity contribution in [2.45, 2.75) is 0 Å². The molecule has 0 N–H and O–H groups in total. The van der Waals surface area contributed by atoms with Crippen molar-refractivity contribution in [3.8, 4) is 56.2 Å². The summed E-state index contributed by atoms with van der Waals surface area (Å²) in [7, 11) is 0. The molecule has 0 unspecified atom stereocenters. The van der Waals surface area contributed by atoms with E-state index in [-0.39, 0.29) is 0 Å². The lowest BCUT2D eigenvalue weighted by Gasteiger charge is -2.14. The van der Waals surface area contributed by atoms with Crippen molar-refractivity contribution in [2.75, 3.05) is 0 Å². The number of aromatic nitrogens is 3. The van der Waals surface area contributed by atoms with Crippen molar-refractivity contribution < 1.29 is 4.42 Å². The van der Waals surface area contributed by atoms with Crippen LogP contribution in [0.15, 0.2) is 168 Å². The van der Waals surface area contributed by atoms with Gasteiger partial charge >= 0.3 is 0 Å². The highest BCUT2D eigenvalue weighted by Gasteiger charge is 2.17. The predicted molar refractivity (Wildman–Crippen MR) is 192 cm³/mol. The molecular formula is C43H27N3O. The van der Waals surface area contributed by atoms with Gasteiger partial charge in [-0.25, -0.2) is 9.97 Å². The summed E-state index contributed by atoms with van der Waals surface area (Å²) < 4.78 is 6.51. The fraction of sp³-hybridized carbons (Fsp3) is 0. The number of hydrogen-bond donors (Lipinski definition) is 0. The first-order valence-electron chi connectivity index (χ1n) is 15.7. The van der Waals surface area contributed by atoms with Crippen LogP contribution in [0.2, 0.25) is 0 Å². The van der Waals surface area contributed by atoms with Crippen LogP contribution in [-0.4, -0.2) is 15.0 Å². The van der Waals surface area contributed by atoms with Crippen molar-refractivity contribution in [1.29, 1.82) is 0 Å². The monoisotopic (exact) mass is 601 g/mol. The van der Waals surface area contributed by atoms with Crippen molar-refractivity contribution in [3.05, 3.63) is 164 Å². The predicted octanol–water partition coefficient (Wildman–Crippen LogP) is 11.3. The Morgan fingerprint density at radius 2 is 1.15 bits per heavy atom. The number of hydrogen-bond acceptors (Lipinski definition) is 4. The molecule has 0 saturated carbocycles. The first-order valence-corrected chi connectivity index (χ1v) is 15.7. The van der Waals surface area contributed by atoms with Crippen molar-refractivity contribution in [3.63, 3.8) is 0 Å². The summed E-state index contributed by atoms with van der Waals surface area (Å²) in [6.45, 7) is 0. The third kappa shape index (κ3) is 4.93. The van der Waals surface area contributed by atoms with E-state index < -0.39 is 0 Å². The molecule has 220 valence electrons. The second kappa shape index (κ2) is 11.2. The van der Waals surface area contributed by atoms with E-state index in [1.54, 1.807) is 6.20 Å². The van der Waals surface area contributed by atoms with E-state index in [0.717, 1.165) is 72.3 Å². The highest BCUT2D eigenvalue weighted by Crippen LogP contribution is 2.40. The van der Waals surface area contributed by atoms with Gasteiger partial charge in [-0.2, -0.15) is 0 Å². The third-order valence-electron chi connectivity index (χ3n) is 8.74. The summed E-state index contributed by atoms with van der Waals surface area (Å²) in [5.41, 5.74) is 10.6. The van der Waals surface area contributed by atoms with Gasteiger partial charge in [-0.3, -0.25) is 4.98 Å². The maximum absolute atomic E-state index is 6.51. The van der Waals surface area contributed by atoms with Gasteiger partial charge < -0.3 is 4.42 Å². The smallest absolute Gasteiger partial charge is 0.160 e. The van der Waals surface area contributed by atoms with Crippen LogP contribution < -0.4 is 0 Å². The number of fused-ring (bicyclic) bond motifs is 4. The molecule has 0 aliphatic rings. The molecule has 0 saturated heterocycles. The summed E-state index contributed by atoms with van der Waals surface area (Å²) in [5.74, 6) is 0.666. The molecule has 0 fully saturated rings. The summed E-state index contributed by atoms with van der Waals surface area (Å²) in [5, 5.41) is 4.62. The molecule has 3 aromatic heterocycles. The number of furan rings is 1. The Morgan fingerprint density at radius 1 is 0.426 bits per heavy atom. The Morgan fingerprint density at radius 3 is 2.02 bits per heavy atom. The molecule has 0 radical (unpaired) electrons. The normalized spacial score (nSPS) is 11.4. The Balaban J connectivity index is 1.31. The van der Waals surface area contributed by atoms with Crippen LogP contribution in [0.4, 0.5) is 0 Å². The molecule has 6 aromatic carbocycles. The van der Waals surface area contributed by atoms with Crippen LogP contribution in [0.1, 0.15) is 0 Å². The quantitative estimate of drug-likeness (QED) is 0.197. The second-order valence-electron chi connectivity index (χ2n) is 11.7. The summed E-state index contributed by atoms with van der Waals surface area (Å²) >= 11 is 0. The number of rotatable bonds is 5. The van der Waals surface area contributed by atoms with E-state index in [0.29, 0.717) is 5.82 Å². The zero-order chi connectivity index (χ0) is 31.2. The fourth-order valence-electron chi connectivity index (χ4n) is 6.41. The highest BCUT2D eigenvalue weighted by atomic mass is 16.3. The van der Waals surface area contributed by atoms with Gasteiger partial charge in [0, 0.05) is 45.4 Å². The number of para-hydroxylation sites is 2. The van der Waals surface area contributed by atoms with Gasteiger partial charge in [-0.15, -0.1) is 0 Å². The van der Waals surface area contributed by atoms with Gasteiger partial charge in [0.2, 0.25) is 0 Å². The molecule has 3 heterocycles. The first kappa shape index (κ1) is 27.0. The first-order chi connectivity index (χ1) is 23.3. The Kier molecular flexibility index (Phi) is 6.43. The SMILES string of the molecule is c1ccc(-c2nc(-c3cccnc3)cc(-c3cc(-c4ccc5ccccc5c4)cc(-c4cccc5c4oc4ccccc45)c3)n2)cc1. The van der Waals surface area contributed by atoms with Crippen LogP contribution in [-0.2, 0) is 0 Å². The zero-order valence-electron chi connectivity index (χ0n) is 25.3. The van der Waals surface area contributed by atoms with Crippen molar-refractivity contribution in [2.24, 2.45) is 0 Å². The number of benzene rings is 6. The maximum atomic E-state index is 6.51. The van der Waals surface area contributed by atoms with E-state index in [4.69, 9.17) is 14.4 Å². The second-order valence-corrected chi connectivity index (χ2v) is 11.7. The largest absolute Gasteiger partial charge is 0.455 e. The summed E-state index contributed by atoms with van der Waals surface area (Å²) in [6.07, 6.45) is 3.63. The van der Waals surface area contributed by atoms with Gasteiger partial charge in [-0.05, 0) is 76.0 Å². The molecule has 0 spiro atoms. The molecule has 0 aliphatic carbocycles. The minimum atomic E-state index is 0.666. The molecule has 9 rings (SSSR count). The Labute approximate surface area is 271 Å². The van der Waals surface area contributed by atoms with Crippen molar-refractivity contribution in [1.82, 2.24) is 15.0 Å². The zero-order valence-corrected chi connectivity index (χ0v) is 25.3. The van der Waals surface area contributed by atoms with Gasteiger partial charge in [0.1, 0.15) is 11.2 Å². The fourth-order valence-corrected chi connectivity index (χ4v) is 6.41. The molecule has 9 aromatic rings. The van der Waals surface area contributed by atoms with Crippen LogP contribution in [0.5, 0.6) is 0 Å².